The van der Waals surface area contributed by atoms with Crippen molar-refractivity contribution in [2.45, 2.75) is 26.4 Å². The molecule has 3 heterocycles. The molecule has 0 spiro atoms. The molecule has 10 nitrogen and oxygen atoms in total. The first-order chi connectivity index (χ1) is 15.1. The van der Waals surface area contributed by atoms with Gasteiger partial charge in [-0.3, -0.25) is 9.59 Å². The molecule has 1 saturated heterocycles. The number of imide groups is 1. The first-order valence-corrected chi connectivity index (χ1v) is 10.9. The Bertz CT molecular complexity index is 1050. The molecule has 0 N–H and O–H groups in total. The Morgan fingerprint density at radius 2 is 1.59 bits per heavy atom. The lowest BCUT2D eigenvalue weighted by atomic mass is 10.1. The quantitative estimate of drug-likeness (QED) is 0.646. The third-order valence-corrected chi connectivity index (χ3v) is 5.74. The average Bonchev–Trinajstić information content (AvgIpc) is 3.33. The summed E-state index contributed by atoms with van der Waals surface area (Å²) in [6.45, 7) is 7.43. The molecule has 11 heteroatoms. The Morgan fingerprint density at radius 3 is 2.16 bits per heavy atom. The number of hydroxylamine groups is 2. The van der Waals surface area contributed by atoms with Crippen LogP contribution in [0.3, 0.4) is 0 Å². The second-order valence-corrected chi connectivity index (χ2v) is 9.14. The molecule has 3 amide bonds. The Balaban J connectivity index is 1.36. The Kier molecular flexibility index (Phi) is 5.59. The molecule has 0 saturated carbocycles. The topological polar surface area (TPSA) is 109 Å². The van der Waals surface area contributed by atoms with E-state index in [1.165, 1.54) is 28.8 Å². The second-order valence-electron chi connectivity index (χ2n) is 8.30. The lowest BCUT2D eigenvalue weighted by Gasteiger charge is -2.35. The van der Waals surface area contributed by atoms with E-state index in [9.17, 15) is 19.2 Å². The zero-order valence-corrected chi connectivity index (χ0v) is 18.7. The van der Waals surface area contributed by atoms with Crippen molar-refractivity contribution < 1.29 is 28.8 Å². The highest BCUT2D eigenvalue weighted by molar-refractivity contribution is 7.13. The number of nitrogens with zero attached hydrogens (tertiary/aromatic N) is 4. The van der Waals surface area contributed by atoms with E-state index in [-0.39, 0.29) is 22.9 Å². The van der Waals surface area contributed by atoms with Gasteiger partial charge in [0.2, 0.25) is 0 Å². The molecular weight excluding hydrogens is 436 g/mol. The lowest BCUT2D eigenvalue weighted by molar-refractivity contribution is -0.0587. The predicted octanol–water partition coefficient (Wildman–Crippen LogP) is 2.57. The van der Waals surface area contributed by atoms with Crippen molar-refractivity contribution in [3.63, 3.8) is 0 Å². The first kappa shape index (κ1) is 21.8. The summed E-state index contributed by atoms with van der Waals surface area (Å²) < 4.78 is 5.39. The van der Waals surface area contributed by atoms with Gasteiger partial charge >= 0.3 is 12.1 Å². The van der Waals surface area contributed by atoms with Crippen LogP contribution in [0.4, 0.5) is 9.93 Å². The van der Waals surface area contributed by atoms with Crippen LogP contribution >= 0.6 is 11.3 Å². The van der Waals surface area contributed by atoms with E-state index in [1.54, 1.807) is 17.0 Å². The maximum Gasteiger partial charge on any atom is 0.410 e. The minimum atomic E-state index is -0.894. The Morgan fingerprint density at radius 1 is 1.00 bits per heavy atom. The number of benzene rings is 1. The molecular formula is C21H22N4O6S. The number of amides is 3. The van der Waals surface area contributed by atoms with Gasteiger partial charge < -0.3 is 19.4 Å². The van der Waals surface area contributed by atoms with E-state index in [1.807, 2.05) is 25.7 Å². The number of ether oxygens (including phenoxy) is 1. The van der Waals surface area contributed by atoms with Crippen LogP contribution in [0.2, 0.25) is 0 Å². The molecule has 2 aromatic rings. The summed E-state index contributed by atoms with van der Waals surface area (Å²) in [4.78, 5) is 62.3. The van der Waals surface area contributed by atoms with E-state index in [0.29, 0.717) is 36.4 Å². The molecule has 0 aliphatic carbocycles. The highest BCUT2D eigenvalue weighted by Crippen LogP contribution is 2.26. The molecule has 32 heavy (non-hydrogen) atoms. The van der Waals surface area contributed by atoms with E-state index in [4.69, 9.17) is 9.57 Å². The molecule has 168 valence electrons. The standard InChI is InChI=1S/C21H22N4O6S/c1-21(2,3)30-20(29)24-10-8-23(9-11-24)19-22-15(12-32-19)18(28)31-25-16(26)13-6-4-5-7-14(13)17(25)27/h4-7,12H,8-11H2,1-3H3. The molecule has 1 fully saturated rings. The van der Waals surface area contributed by atoms with Crippen molar-refractivity contribution in [3.05, 3.63) is 46.5 Å². The number of hydrogen-bond acceptors (Lipinski definition) is 9. The van der Waals surface area contributed by atoms with Crippen LogP contribution in [-0.2, 0) is 9.57 Å². The van der Waals surface area contributed by atoms with Crippen LogP contribution in [0.5, 0.6) is 0 Å². The fraction of sp³-hybridized carbons (Fsp3) is 0.381. The summed E-state index contributed by atoms with van der Waals surface area (Å²) in [7, 11) is 0. The summed E-state index contributed by atoms with van der Waals surface area (Å²) in [6, 6.07) is 6.26. The summed E-state index contributed by atoms with van der Waals surface area (Å²) in [6.07, 6.45) is -0.360. The number of rotatable bonds is 3. The number of hydrogen-bond donors (Lipinski definition) is 0. The number of carbonyl (C=O) groups is 4. The minimum Gasteiger partial charge on any atom is -0.444 e. The fourth-order valence-electron chi connectivity index (χ4n) is 3.29. The number of thiazole rings is 1. The van der Waals surface area contributed by atoms with Gasteiger partial charge in [-0.1, -0.05) is 17.2 Å². The van der Waals surface area contributed by atoms with Crippen LogP contribution in [0, 0.1) is 0 Å². The summed E-state index contributed by atoms with van der Waals surface area (Å²) in [5.41, 5.74) is -0.187. The van der Waals surface area contributed by atoms with Gasteiger partial charge in [-0.15, -0.1) is 11.3 Å². The van der Waals surface area contributed by atoms with E-state index in [2.05, 4.69) is 4.98 Å². The maximum absolute atomic E-state index is 12.5. The van der Waals surface area contributed by atoms with Gasteiger partial charge in [0.1, 0.15) is 5.60 Å². The van der Waals surface area contributed by atoms with Gasteiger partial charge in [0.05, 0.1) is 11.1 Å². The number of piperazine rings is 1. The van der Waals surface area contributed by atoms with Crippen LogP contribution in [0.1, 0.15) is 52.0 Å². The number of carbonyl (C=O) groups excluding carboxylic acids is 4. The molecule has 2 aliphatic heterocycles. The van der Waals surface area contributed by atoms with Crippen molar-refractivity contribution in [3.8, 4) is 0 Å². The number of anilines is 1. The van der Waals surface area contributed by atoms with E-state index >= 15 is 0 Å². The second kappa shape index (κ2) is 8.23. The van der Waals surface area contributed by atoms with Gasteiger partial charge in [0.25, 0.3) is 11.8 Å². The zero-order chi connectivity index (χ0) is 23.0. The smallest absolute Gasteiger partial charge is 0.410 e. The highest BCUT2D eigenvalue weighted by atomic mass is 32.1. The normalized spacial score (nSPS) is 16.3. The van der Waals surface area contributed by atoms with Crippen molar-refractivity contribution >= 4 is 40.3 Å². The molecule has 2 aliphatic rings. The lowest BCUT2D eigenvalue weighted by Crippen LogP contribution is -2.50. The summed E-state index contributed by atoms with van der Waals surface area (Å²) in [5, 5.41) is 2.56. The number of fused-ring (bicyclic) bond motifs is 1. The van der Waals surface area contributed by atoms with Gasteiger partial charge in [-0.25, -0.2) is 14.6 Å². The SMILES string of the molecule is CC(C)(C)OC(=O)N1CCN(c2nc(C(=O)ON3C(=O)c4ccccc4C3=O)cs2)CC1. The van der Waals surface area contributed by atoms with Crippen molar-refractivity contribution in [1.82, 2.24) is 14.9 Å². The minimum absolute atomic E-state index is 0.00359. The van der Waals surface area contributed by atoms with E-state index < -0.39 is 23.4 Å². The van der Waals surface area contributed by atoms with Crippen molar-refractivity contribution in [2.24, 2.45) is 0 Å². The predicted molar refractivity (Wildman–Crippen MR) is 114 cm³/mol. The van der Waals surface area contributed by atoms with Gasteiger partial charge in [-0.2, -0.15) is 0 Å². The van der Waals surface area contributed by atoms with Crippen LogP contribution in [0.25, 0.3) is 0 Å². The van der Waals surface area contributed by atoms with Gasteiger partial charge in [0.15, 0.2) is 10.8 Å². The van der Waals surface area contributed by atoms with Crippen LogP contribution < -0.4 is 4.90 Å². The van der Waals surface area contributed by atoms with Crippen molar-refractivity contribution in [1.29, 1.82) is 0 Å². The zero-order valence-electron chi connectivity index (χ0n) is 17.9. The molecule has 4 rings (SSSR count). The third kappa shape index (κ3) is 4.28. The first-order valence-electron chi connectivity index (χ1n) is 10.0. The Hall–Kier alpha value is -3.47. The molecule has 0 radical (unpaired) electrons. The average molecular weight is 458 g/mol. The van der Waals surface area contributed by atoms with E-state index in [0.717, 1.165) is 0 Å². The van der Waals surface area contributed by atoms with Crippen LogP contribution in [0.15, 0.2) is 29.6 Å². The Labute approximate surface area is 188 Å². The fourth-order valence-corrected chi connectivity index (χ4v) is 4.14. The summed E-state index contributed by atoms with van der Waals surface area (Å²) >= 11 is 1.24. The molecule has 0 unspecified atom stereocenters. The summed E-state index contributed by atoms with van der Waals surface area (Å²) in [5.74, 6) is -2.27. The van der Waals surface area contributed by atoms with Crippen LogP contribution in [-0.4, -0.2) is 70.6 Å². The molecule has 0 bridgehead atoms. The third-order valence-electron chi connectivity index (χ3n) is 4.83. The van der Waals surface area contributed by atoms with Gasteiger partial charge in [0, 0.05) is 31.6 Å². The van der Waals surface area contributed by atoms with Gasteiger partial charge in [-0.05, 0) is 32.9 Å². The maximum atomic E-state index is 12.5. The molecule has 1 aromatic heterocycles. The largest absolute Gasteiger partial charge is 0.444 e. The monoisotopic (exact) mass is 458 g/mol. The molecule has 0 atom stereocenters. The highest BCUT2D eigenvalue weighted by Gasteiger charge is 2.39. The molecule has 1 aromatic carbocycles. The number of aromatic nitrogens is 1. The van der Waals surface area contributed by atoms with Crippen molar-refractivity contribution in [2.75, 3.05) is 31.1 Å².